The highest BCUT2D eigenvalue weighted by atomic mass is 15.2. The van der Waals surface area contributed by atoms with E-state index in [2.05, 4.69) is 51.8 Å². The number of nitrogens with zero attached hydrogens (tertiary/aromatic N) is 3. The van der Waals surface area contributed by atoms with Crippen LogP contribution in [0.25, 0.3) is 5.69 Å². The van der Waals surface area contributed by atoms with Crippen LogP contribution in [-0.4, -0.2) is 28.1 Å². The Labute approximate surface area is 112 Å². The predicted molar refractivity (Wildman–Crippen MR) is 75.3 cm³/mol. The Bertz CT molecular complexity index is 573. The molecule has 3 rings (SSSR count). The zero-order valence-corrected chi connectivity index (χ0v) is 10.9. The molecule has 1 aromatic carbocycles. The van der Waals surface area contributed by atoms with Crippen LogP contribution in [0.15, 0.2) is 48.0 Å². The lowest BCUT2D eigenvalue weighted by Crippen LogP contribution is -2.37. The molecule has 98 valence electrons. The van der Waals surface area contributed by atoms with Crippen LogP contribution in [0.3, 0.4) is 0 Å². The molecular weight excluding hydrogens is 238 g/mol. The lowest BCUT2D eigenvalue weighted by molar-refractivity contribution is 0.713. The second-order valence-corrected chi connectivity index (χ2v) is 4.73. The first kappa shape index (κ1) is 11.8. The minimum atomic E-state index is 0.430. The predicted octanol–water partition coefficient (Wildman–Crippen LogP) is 1.31. The zero-order chi connectivity index (χ0) is 13.1. The molecule has 0 spiro atoms. The van der Waals surface area contributed by atoms with Crippen molar-refractivity contribution in [3.63, 3.8) is 0 Å². The summed E-state index contributed by atoms with van der Waals surface area (Å²) < 4.78 is 2.00. The third kappa shape index (κ3) is 2.76. The first-order valence-corrected chi connectivity index (χ1v) is 6.43. The number of guanidine groups is 1. The van der Waals surface area contributed by atoms with Gasteiger partial charge in [0.2, 0.25) is 0 Å². The maximum Gasteiger partial charge on any atom is 0.191 e. The Morgan fingerprint density at radius 1 is 1.47 bits per heavy atom. The molecule has 1 aliphatic rings. The van der Waals surface area contributed by atoms with Gasteiger partial charge in [0.25, 0.3) is 0 Å². The third-order valence-electron chi connectivity index (χ3n) is 3.08. The summed E-state index contributed by atoms with van der Waals surface area (Å²) in [6, 6.07) is 8.80. The lowest BCUT2D eigenvalue weighted by atomic mass is 10.2. The SMILES string of the molecule is CC1CN=C(NCc2cccc(-n3ccnc3)c2)N1. The highest BCUT2D eigenvalue weighted by Crippen LogP contribution is 2.10. The van der Waals surface area contributed by atoms with E-state index in [0.717, 1.165) is 24.7 Å². The Hall–Kier alpha value is -2.30. The Morgan fingerprint density at radius 2 is 2.42 bits per heavy atom. The molecule has 0 aliphatic carbocycles. The fourth-order valence-corrected chi connectivity index (χ4v) is 2.08. The zero-order valence-electron chi connectivity index (χ0n) is 10.9. The Morgan fingerprint density at radius 3 is 3.16 bits per heavy atom. The molecule has 2 N–H and O–H groups in total. The highest BCUT2D eigenvalue weighted by Gasteiger charge is 2.11. The summed E-state index contributed by atoms with van der Waals surface area (Å²) in [5.41, 5.74) is 2.33. The summed E-state index contributed by atoms with van der Waals surface area (Å²) >= 11 is 0. The summed E-state index contributed by atoms with van der Waals surface area (Å²) in [5.74, 6) is 0.889. The second-order valence-electron chi connectivity index (χ2n) is 4.73. The number of nitrogens with one attached hydrogen (secondary N) is 2. The molecule has 19 heavy (non-hydrogen) atoms. The molecule has 5 nitrogen and oxygen atoms in total. The maximum atomic E-state index is 4.38. The van der Waals surface area contributed by atoms with Crippen LogP contribution >= 0.6 is 0 Å². The van der Waals surface area contributed by atoms with Crippen LogP contribution in [0.4, 0.5) is 0 Å². The summed E-state index contributed by atoms with van der Waals surface area (Å²) in [7, 11) is 0. The van der Waals surface area contributed by atoms with Crippen LogP contribution in [0.1, 0.15) is 12.5 Å². The van der Waals surface area contributed by atoms with Crippen LogP contribution in [-0.2, 0) is 6.54 Å². The van der Waals surface area contributed by atoms with Crippen molar-refractivity contribution in [1.29, 1.82) is 0 Å². The van der Waals surface area contributed by atoms with E-state index in [-0.39, 0.29) is 0 Å². The third-order valence-corrected chi connectivity index (χ3v) is 3.08. The molecule has 0 radical (unpaired) electrons. The maximum absolute atomic E-state index is 4.38. The van der Waals surface area contributed by atoms with Crippen molar-refractivity contribution in [2.24, 2.45) is 4.99 Å². The first-order chi connectivity index (χ1) is 9.31. The molecule has 1 atom stereocenters. The quantitative estimate of drug-likeness (QED) is 0.869. The highest BCUT2D eigenvalue weighted by molar-refractivity contribution is 5.81. The van der Waals surface area contributed by atoms with E-state index in [4.69, 9.17) is 0 Å². The molecule has 0 bridgehead atoms. The van der Waals surface area contributed by atoms with E-state index in [1.807, 2.05) is 10.8 Å². The number of hydrogen-bond donors (Lipinski definition) is 2. The van der Waals surface area contributed by atoms with Crippen molar-refractivity contribution in [3.8, 4) is 5.69 Å². The van der Waals surface area contributed by atoms with Crippen molar-refractivity contribution >= 4 is 5.96 Å². The number of rotatable bonds is 3. The summed E-state index contributed by atoms with van der Waals surface area (Å²) in [5, 5.41) is 6.60. The lowest BCUT2D eigenvalue weighted by Gasteiger charge is -2.10. The van der Waals surface area contributed by atoms with Gasteiger partial charge in [0.05, 0.1) is 12.9 Å². The smallest absolute Gasteiger partial charge is 0.191 e. The molecule has 5 heteroatoms. The minimum Gasteiger partial charge on any atom is -0.352 e. The van der Waals surface area contributed by atoms with Crippen molar-refractivity contribution in [1.82, 2.24) is 20.2 Å². The van der Waals surface area contributed by atoms with E-state index in [1.165, 1.54) is 5.56 Å². The normalized spacial score (nSPS) is 17.9. The van der Waals surface area contributed by atoms with Crippen LogP contribution < -0.4 is 10.6 Å². The average molecular weight is 255 g/mol. The van der Waals surface area contributed by atoms with Gasteiger partial charge in [-0.15, -0.1) is 0 Å². The van der Waals surface area contributed by atoms with Gasteiger partial charge < -0.3 is 15.2 Å². The van der Waals surface area contributed by atoms with Crippen LogP contribution in [0.5, 0.6) is 0 Å². The molecule has 2 aromatic rings. The fraction of sp³-hybridized carbons (Fsp3) is 0.286. The van der Waals surface area contributed by atoms with Gasteiger partial charge in [-0.05, 0) is 24.6 Å². The average Bonchev–Trinajstić information content (AvgIpc) is 3.08. The Balaban J connectivity index is 1.67. The number of aromatic nitrogens is 2. The number of aliphatic imine (C=N–C) groups is 1. The van der Waals surface area contributed by atoms with Gasteiger partial charge in [-0.2, -0.15) is 0 Å². The molecule has 0 saturated heterocycles. The molecule has 0 saturated carbocycles. The van der Waals surface area contributed by atoms with E-state index in [9.17, 15) is 0 Å². The molecule has 0 fully saturated rings. The van der Waals surface area contributed by atoms with Crippen LogP contribution in [0, 0.1) is 0 Å². The summed E-state index contributed by atoms with van der Waals surface area (Å²) in [4.78, 5) is 8.45. The fourth-order valence-electron chi connectivity index (χ4n) is 2.08. The first-order valence-electron chi connectivity index (χ1n) is 6.43. The second kappa shape index (κ2) is 5.14. The monoisotopic (exact) mass is 255 g/mol. The topological polar surface area (TPSA) is 54.2 Å². The van der Waals surface area contributed by atoms with E-state index in [1.54, 1.807) is 12.5 Å². The molecule has 1 aliphatic heterocycles. The van der Waals surface area contributed by atoms with Gasteiger partial charge in [-0.25, -0.2) is 4.98 Å². The Kier molecular flexibility index (Phi) is 3.18. The van der Waals surface area contributed by atoms with E-state index >= 15 is 0 Å². The number of imidazole rings is 1. The van der Waals surface area contributed by atoms with Gasteiger partial charge in [-0.1, -0.05) is 12.1 Å². The molecular formula is C14H17N5. The summed E-state index contributed by atoms with van der Waals surface area (Å²) in [6.07, 6.45) is 5.52. The minimum absolute atomic E-state index is 0.430. The van der Waals surface area contributed by atoms with E-state index < -0.39 is 0 Å². The molecule has 1 unspecified atom stereocenters. The van der Waals surface area contributed by atoms with Crippen molar-refractivity contribution in [2.75, 3.05) is 6.54 Å². The van der Waals surface area contributed by atoms with Gasteiger partial charge in [0.1, 0.15) is 0 Å². The molecule has 2 heterocycles. The van der Waals surface area contributed by atoms with Gasteiger partial charge >= 0.3 is 0 Å². The number of benzene rings is 1. The van der Waals surface area contributed by atoms with Gasteiger partial charge in [0.15, 0.2) is 5.96 Å². The van der Waals surface area contributed by atoms with Crippen molar-refractivity contribution in [2.45, 2.75) is 19.5 Å². The molecule has 0 amide bonds. The van der Waals surface area contributed by atoms with E-state index in [0.29, 0.717) is 6.04 Å². The van der Waals surface area contributed by atoms with Gasteiger partial charge in [0, 0.05) is 30.7 Å². The van der Waals surface area contributed by atoms with Crippen molar-refractivity contribution in [3.05, 3.63) is 48.5 Å². The standard InChI is InChI=1S/C14H17N5/c1-11-8-16-14(18-11)17-9-12-3-2-4-13(7-12)19-6-5-15-10-19/h2-7,10-11H,8-9H2,1H3,(H2,16,17,18). The summed E-state index contributed by atoms with van der Waals surface area (Å²) in [6.45, 7) is 3.73. The largest absolute Gasteiger partial charge is 0.352 e. The molecule has 1 aromatic heterocycles. The van der Waals surface area contributed by atoms with Crippen LogP contribution in [0.2, 0.25) is 0 Å². The number of hydrogen-bond acceptors (Lipinski definition) is 4. The van der Waals surface area contributed by atoms with Crippen molar-refractivity contribution < 1.29 is 0 Å². The van der Waals surface area contributed by atoms with Gasteiger partial charge in [-0.3, -0.25) is 4.99 Å².